The summed E-state index contributed by atoms with van der Waals surface area (Å²) in [6.45, 7) is 11.1. The van der Waals surface area contributed by atoms with Gasteiger partial charge in [-0.1, -0.05) is 33.8 Å². The van der Waals surface area contributed by atoms with Crippen LogP contribution in [0.25, 0.3) is 0 Å². The second-order valence-corrected chi connectivity index (χ2v) is 5.81. The minimum atomic E-state index is -0.111. The molecule has 1 aromatic carbocycles. The van der Waals surface area contributed by atoms with Crippen molar-refractivity contribution in [2.45, 2.75) is 34.6 Å². The molecule has 0 unspecified atom stereocenters. The molecular weight excluding hydrogens is 238 g/mol. The highest BCUT2D eigenvalue weighted by Gasteiger charge is 2.19. The van der Waals surface area contributed by atoms with E-state index in [9.17, 15) is 9.90 Å². The van der Waals surface area contributed by atoms with Gasteiger partial charge in [0.25, 0.3) is 5.91 Å². The number of hydrogen-bond donors (Lipinski definition) is 2. The lowest BCUT2D eigenvalue weighted by Gasteiger charge is -2.25. The van der Waals surface area contributed by atoms with Crippen LogP contribution in [-0.2, 0) is 0 Å². The highest BCUT2D eigenvalue weighted by Crippen LogP contribution is 2.21. The van der Waals surface area contributed by atoms with Crippen molar-refractivity contribution in [2.24, 2.45) is 17.8 Å². The largest absolute Gasteiger partial charge is 0.508 e. The molecule has 0 atom stereocenters. The number of hydrogen-bond acceptors (Lipinski definition) is 2. The molecule has 0 fully saturated rings. The summed E-state index contributed by atoms with van der Waals surface area (Å²) < 4.78 is 0. The normalized spacial score (nSPS) is 11.4. The van der Waals surface area contributed by atoms with Gasteiger partial charge in [-0.15, -0.1) is 0 Å². The third kappa shape index (κ3) is 3.98. The molecule has 0 aromatic heterocycles. The fraction of sp³-hybridized carbons (Fsp3) is 0.562. The number of aromatic hydroxyl groups is 1. The van der Waals surface area contributed by atoms with Gasteiger partial charge in [-0.2, -0.15) is 0 Å². The van der Waals surface area contributed by atoms with Gasteiger partial charge in [0.15, 0.2) is 0 Å². The van der Waals surface area contributed by atoms with Crippen molar-refractivity contribution in [3.05, 3.63) is 29.3 Å². The van der Waals surface area contributed by atoms with Crippen molar-refractivity contribution >= 4 is 5.91 Å². The molecule has 0 spiro atoms. The zero-order chi connectivity index (χ0) is 14.6. The van der Waals surface area contributed by atoms with E-state index in [4.69, 9.17) is 0 Å². The fourth-order valence-corrected chi connectivity index (χ4v) is 2.42. The first kappa shape index (κ1) is 15.5. The smallest absolute Gasteiger partial charge is 0.251 e. The number of phenols is 1. The first-order chi connectivity index (χ1) is 8.84. The first-order valence-electron chi connectivity index (χ1n) is 6.91. The van der Waals surface area contributed by atoms with E-state index >= 15 is 0 Å². The Bertz CT molecular complexity index is 430. The van der Waals surface area contributed by atoms with Crippen molar-refractivity contribution < 1.29 is 9.90 Å². The summed E-state index contributed by atoms with van der Waals surface area (Å²) >= 11 is 0. The van der Waals surface area contributed by atoms with Crippen LogP contribution in [0.1, 0.15) is 43.6 Å². The van der Waals surface area contributed by atoms with Gasteiger partial charge in [0, 0.05) is 17.7 Å². The number of carbonyl (C=O) groups is 1. The third-order valence-electron chi connectivity index (χ3n) is 3.76. The lowest BCUT2D eigenvalue weighted by Crippen LogP contribution is -2.34. The van der Waals surface area contributed by atoms with Crippen molar-refractivity contribution in [1.82, 2.24) is 5.32 Å². The van der Waals surface area contributed by atoms with Gasteiger partial charge in [-0.3, -0.25) is 4.79 Å². The van der Waals surface area contributed by atoms with Crippen LogP contribution in [0.15, 0.2) is 18.2 Å². The van der Waals surface area contributed by atoms with Crippen LogP contribution >= 0.6 is 0 Å². The van der Waals surface area contributed by atoms with E-state index in [1.807, 2.05) is 0 Å². The molecule has 0 saturated heterocycles. The quantitative estimate of drug-likeness (QED) is 0.855. The summed E-state index contributed by atoms with van der Waals surface area (Å²) in [5.74, 6) is 1.58. The maximum Gasteiger partial charge on any atom is 0.251 e. The number of benzene rings is 1. The minimum Gasteiger partial charge on any atom is -0.508 e. The molecule has 0 heterocycles. The summed E-state index contributed by atoms with van der Waals surface area (Å²) in [4.78, 5) is 12.1. The maximum absolute atomic E-state index is 12.1. The molecule has 106 valence electrons. The van der Waals surface area contributed by atoms with E-state index in [0.29, 0.717) is 35.4 Å². The monoisotopic (exact) mass is 263 g/mol. The number of nitrogens with one attached hydrogen (secondary N) is 1. The lowest BCUT2D eigenvalue weighted by atomic mass is 9.85. The Morgan fingerprint density at radius 2 is 1.79 bits per heavy atom. The van der Waals surface area contributed by atoms with E-state index < -0.39 is 0 Å². The number of rotatable bonds is 5. The Morgan fingerprint density at radius 1 is 1.21 bits per heavy atom. The van der Waals surface area contributed by atoms with Gasteiger partial charge < -0.3 is 10.4 Å². The molecule has 0 bridgehead atoms. The van der Waals surface area contributed by atoms with Crippen LogP contribution in [-0.4, -0.2) is 17.6 Å². The van der Waals surface area contributed by atoms with Crippen LogP contribution in [0, 0.1) is 24.7 Å². The summed E-state index contributed by atoms with van der Waals surface area (Å²) in [7, 11) is 0. The second-order valence-electron chi connectivity index (χ2n) is 5.81. The van der Waals surface area contributed by atoms with Crippen LogP contribution < -0.4 is 5.32 Å². The van der Waals surface area contributed by atoms with Crippen molar-refractivity contribution in [2.75, 3.05) is 6.54 Å². The van der Waals surface area contributed by atoms with Crippen LogP contribution in [0.3, 0.4) is 0 Å². The summed E-state index contributed by atoms with van der Waals surface area (Å²) in [5.41, 5.74) is 1.18. The molecule has 1 rings (SSSR count). The molecule has 0 aliphatic rings. The predicted molar refractivity (Wildman–Crippen MR) is 78.3 cm³/mol. The van der Waals surface area contributed by atoms with E-state index in [2.05, 4.69) is 33.0 Å². The maximum atomic E-state index is 12.1. The van der Waals surface area contributed by atoms with E-state index in [-0.39, 0.29) is 11.7 Å². The average molecular weight is 263 g/mol. The Balaban J connectivity index is 2.72. The number of phenolic OH excluding ortho intramolecular Hbond substituents is 1. The van der Waals surface area contributed by atoms with Crippen molar-refractivity contribution in [1.29, 1.82) is 0 Å². The molecule has 3 heteroatoms. The molecule has 0 aliphatic heterocycles. The lowest BCUT2D eigenvalue weighted by molar-refractivity contribution is 0.0936. The number of carbonyl (C=O) groups excluding carboxylic acids is 1. The molecule has 3 nitrogen and oxygen atoms in total. The molecule has 0 radical (unpaired) electrons. The zero-order valence-electron chi connectivity index (χ0n) is 12.5. The first-order valence-corrected chi connectivity index (χ1v) is 6.91. The van der Waals surface area contributed by atoms with Gasteiger partial charge in [-0.25, -0.2) is 0 Å². The van der Waals surface area contributed by atoms with Gasteiger partial charge in [0.1, 0.15) is 5.75 Å². The van der Waals surface area contributed by atoms with Crippen molar-refractivity contribution in [3.63, 3.8) is 0 Å². The Morgan fingerprint density at radius 3 is 2.32 bits per heavy atom. The van der Waals surface area contributed by atoms with Gasteiger partial charge in [-0.05, 0) is 36.8 Å². The highest BCUT2D eigenvalue weighted by atomic mass is 16.3. The third-order valence-corrected chi connectivity index (χ3v) is 3.76. The number of amides is 1. The minimum absolute atomic E-state index is 0.111. The van der Waals surface area contributed by atoms with E-state index in [1.54, 1.807) is 25.1 Å². The second kappa shape index (κ2) is 6.60. The fourth-order valence-electron chi connectivity index (χ4n) is 2.42. The SMILES string of the molecule is Cc1c(O)cccc1C(=O)NCC(C(C)C)C(C)C. The zero-order valence-corrected chi connectivity index (χ0v) is 12.5. The Hall–Kier alpha value is -1.51. The summed E-state index contributed by atoms with van der Waals surface area (Å²) in [5, 5.41) is 12.6. The van der Waals surface area contributed by atoms with E-state index in [0.717, 1.165) is 0 Å². The standard InChI is InChI=1S/C16H25NO2/c1-10(2)14(11(3)4)9-17-16(19)13-7-6-8-15(18)12(13)5/h6-8,10-11,14,18H,9H2,1-5H3,(H,17,19). The van der Waals surface area contributed by atoms with Crippen LogP contribution in [0.2, 0.25) is 0 Å². The highest BCUT2D eigenvalue weighted by molar-refractivity contribution is 5.96. The molecule has 0 saturated carbocycles. The molecule has 0 aliphatic carbocycles. The topological polar surface area (TPSA) is 49.3 Å². The average Bonchev–Trinajstić information content (AvgIpc) is 2.31. The van der Waals surface area contributed by atoms with Gasteiger partial charge >= 0.3 is 0 Å². The molecular formula is C16H25NO2. The Kier molecular flexibility index (Phi) is 5.40. The molecule has 1 amide bonds. The van der Waals surface area contributed by atoms with Gasteiger partial charge in [0.2, 0.25) is 0 Å². The predicted octanol–water partition coefficient (Wildman–Crippen LogP) is 3.36. The van der Waals surface area contributed by atoms with Gasteiger partial charge in [0.05, 0.1) is 0 Å². The summed E-state index contributed by atoms with van der Waals surface area (Å²) in [6.07, 6.45) is 0. The molecule has 19 heavy (non-hydrogen) atoms. The Labute approximate surface area is 116 Å². The van der Waals surface area contributed by atoms with Crippen LogP contribution in [0.4, 0.5) is 0 Å². The molecule has 2 N–H and O–H groups in total. The van der Waals surface area contributed by atoms with E-state index in [1.165, 1.54) is 0 Å². The summed E-state index contributed by atoms with van der Waals surface area (Å²) in [6, 6.07) is 5.03. The van der Waals surface area contributed by atoms with Crippen LogP contribution in [0.5, 0.6) is 5.75 Å². The molecule has 1 aromatic rings. The van der Waals surface area contributed by atoms with Crippen molar-refractivity contribution in [3.8, 4) is 5.75 Å².